The van der Waals surface area contributed by atoms with Gasteiger partial charge in [-0.3, -0.25) is 9.63 Å². The van der Waals surface area contributed by atoms with Gasteiger partial charge in [0.05, 0.1) is 10.6 Å². The molecule has 2 aromatic rings. The van der Waals surface area contributed by atoms with Gasteiger partial charge in [-0.05, 0) is 19.1 Å². The standard InChI is InChI=1S/C19H18ClF6N5O3/c1-10(11-6-12(18(21,22)23)16(32)28-8-11)34-29-17(33)31-4-2-30(3-5-31)15-7-14(20)13(9-27-15)19(24,25)26/h6-10H,2-5H2,1H3,(H,28,32)(H,29,33)/t10-/m1/s1. The van der Waals surface area contributed by atoms with E-state index in [0.717, 1.165) is 12.3 Å². The summed E-state index contributed by atoms with van der Waals surface area (Å²) in [5.74, 6) is 0.224. The number of rotatable bonds is 4. The molecule has 1 saturated heterocycles. The van der Waals surface area contributed by atoms with Gasteiger partial charge in [-0.25, -0.2) is 15.3 Å². The molecule has 15 heteroatoms. The highest BCUT2D eigenvalue weighted by Crippen LogP contribution is 2.35. The van der Waals surface area contributed by atoms with E-state index in [1.807, 2.05) is 4.98 Å². The number of anilines is 1. The summed E-state index contributed by atoms with van der Waals surface area (Å²) in [7, 11) is 0. The highest BCUT2D eigenvalue weighted by molar-refractivity contribution is 6.31. The van der Waals surface area contributed by atoms with E-state index < -0.39 is 46.2 Å². The quantitative estimate of drug-likeness (QED) is 0.477. The summed E-state index contributed by atoms with van der Waals surface area (Å²) in [6, 6.07) is 1.08. The van der Waals surface area contributed by atoms with Crippen LogP contribution in [0.5, 0.6) is 0 Å². The van der Waals surface area contributed by atoms with Crippen molar-refractivity contribution in [2.75, 3.05) is 31.1 Å². The largest absolute Gasteiger partial charge is 0.421 e. The number of hydrogen-bond acceptors (Lipinski definition) is 5. The monoisotopic (exact) mass is 513 g/mol. The Balaban J connectivity index is 1.54. The SMILES string of the molecule is C[C@@H](ONC(=O)N1CCN(c2cc(Cl)c(C(F)(F)F)cn2)CC1)c1c[nH]c(=O)c(C(F)(F)F)c1. The van der Waals surface area contributed by atoms with Crippen LogP contribution in [0.1, 0.15) is 29.7 Å². The first kappa shape index (κ1) is 25.6. The number of aromatic amines is 1. The molecule has 0 unspecified atom stereocenters. The zero-order valence-electron chi connectivity index (χ0n) is 17.4. The van der Waals surface area contributed by atoms with Crippen LogP contribution in [0, 0.1) is 0 Å². The van der Waals surface area contributed by atoms with Crippen molar-refractivity contribution in [1.29, 1.82) is 0 Å². The lowest BCUT2D eigenvalue weighted by Crippen LogP contribution is -2.52. The molecule has 2 amide bonds. The van der Waals surface area contributed by atoms with Gasteiger partial charge in [0.15, 0.2) is 0 Å². The first-order chi connectivity index (χ1) is 15.8. The van der Waals surface area contributed by atoms with Gasteiger partial charge >= 0.3 is 18.4 Å². The van der Waals surface area contributed by atoms with Crippen LogP contribution in [0.15, 0.2) is 29.3 Å². The highest BCUT2D eigenvalue weighted by atomic mass is 35.5. The van der Waals surface area contributed by atoms with Gasteiger partial charge in [-0.1, -0.05) is 11.6 Å². The van der Waals surface area contributed by atoms with Crippen LogP contribution >= 0.6 is 11.6 Å². The predicted molar refractivity (Wildman–Crippen MR) is 108 cm³/mol. The molecule has 3 heterocycles. The lowest BCUT2D eigenvalue weighted by molar-refractivity contribution is -0.139. The normalized spacial score (nSPS) is 15.9. The number of halogens is 7. The van der Waals surface area contributed by atoms with E-state index in [4.69, 9.17) is 16.4 Å². The summed E-state index contributed by atoms with van der Waals surface area (Å²) >= 11 is 5.72. The number of hydroxylamine groups is 1. The number of aromatic nitrogens is 2. The number of H-pyrrole nitrogens is 1. The van der Waals surface area contributed by atoms with Gasteiger partial charge in [0.1, 0.15) is 17.5 Å². The van der Waals surface area contributed by atoms with Gasteiger partial charge < -0.3 is 14.8 Å². The van der Waals surface area contributed by atoms with Gasteiger partial charge in [-0.15, -0.1) is 0 Å². The molecule has 8 nitrogen and oxygen atoms in total. The summed E-state index contributed by atoms with van der Waals surface area (Å²) in [5.41, 5.74) is -1.60. The molecule has 0 bridgehead atoms. The maximum atomic E-state index is 12.9. The smallest absolute Gasteiger partial charge is 0.353 e. The van der Waals surface area contributed by atoms with E-state index in [1.165, 1.54) is 11.8 Å². The van der Waals surface area contributed by atoms with E-state index in [1.54, 1.807) is 4.90 Å². The molecule has 2 aromatic heterocycles. The summed E-state index contributed by atoms with van der Waals surface area (Å²) in [6.07, 6.45) is -8.79. The molecule has 34 heavy (non-hydrogen) atoms. The van der Waals surface area contributed by atoms with Crippen LogP contribution in [0.4, 0.5) is 37.0 Å². The average Bonchev–Trinajstić information content (AvgIpc) is 2.76. The van der Waals surface area contributed by atoms with E-state index >= 15 is 0 Å². The molecule has 0 saturated carbocycles. The van der Waals surface area contributed by atoms with Gasteiger partial charge in [-0.2, -0.15) is 26.3 Å². The highest BCUT2D eigenvalue weighted by Gasteiger charge is 2.35. The minimum atomic E-state index is -4.85. The minimum absolute atomic E-state index is 0.0118. The molecule has 3 rings (SSSR count). The Labute approximate surface area is 193 Å². The minimum Gasteiger partial charge on any atom is -0.353 e. The number of pyridine rings is 2. The Bertz CT molecular complexity index is 1100. The van der Waals surface area contributed by atoms with E-state index in [0.29, 0.717) is 12.3 Å². The number of amides is 2. The molecule has 0 radical (unpaired) electrons. The lowest BCUT2D eigenvalue weighted by Gasteiger charge is -2.35. The third-order valence-electron chi connectivity index (χ3n) is 5.06. The molecule has 2 N–H and O–H groups in total. The lowest BCUT2D eigenvalue weighted by atomic mass is 10.1. The van der Waals surface area contributed by atoms with Crippen molar-refractivity contribution in [3.05, 3.63) is 56.6 Å². The van der Waals surface area contributed by atoms with Crippen LogP contribution in [-0.2, 0) is 17.2 Å². The van der Waals surface area contributed by atoms with Crippen LogP contribution < -0.4 is 15.9 Å². The zero-order chi connectivity index (χ0) is 25.3. The molecule has 186 valence electrons. The number of nitrogens with one attached hydrogen (secondary N) is 2. The molecular formula is C19H18ClF6N5O3. The van der Waals surface area contributed by atoms with Gasteiger partial charge in [0.2, 0.25) is 0 Å². The van der Waals surface area contributed by atoms with E-state index in [-0.39, 0.29) is 37.6 Å². The van der Waals surface area contributed by atoms with Crippen molar-refractivity contribution in [3.8, 4) is 0 Å². The molecule has 1 atom stereocenters. The van der Waals surface area contributed by atoms with Crippen LogP contribution in [0.3, 0.4) is 0 Å². The molecular weight excluding hydrogens is 496 g/mol. The van der Waals surface area contributed by atoms with Crippen molar-refractivity contribution in [2.45, 2.75) is 25.4 Å². The molecule has 0 spiro atoms. The molecule has 0 aromatic carbocycles. The van der Waals surface area contributed by atoms with Crippen LogP contribution in [0.2, 0.25) is 5.02 Å². The van der Waals surface area contributed by atoms with Crippen molar-refractivity contribution in [2.24, 2.45) is 0 Å². The van der Waals surface area contributed by atoms with Crippen LogP contribution in [0.25, 0.3) is 0 Å². The fourth-order valence-electron chi connectivity index (χ4n) is 3.16. The van der Waals surface area contributed by atoms with Crippen LogP contribution in [-0.4, -0.2) is 47.1 Å². The van der Waals surface area contributed by atoms with E-state index in [9.17, 15) is 35.9 Å². The second-order valence-electron chi connectivity index (χ2n) is 7.34. The van der Waals surface area contributed by atoms with Crippen molar-refractivity contribution in [3.63, 3.8) is 0 Å². The summed E-state index contributed by atoms with van der Waals surface area (Å²) in [4.78, 5) is 37.6. The summed E-state index contributed by atoms with van der Waals surface area (Å²) in [6.45, 7) is 2.20. The topological polar surface area (TPSA) is 90.6 Å². The fourth-order valence-corrected chi connectivity index (χ4v) is 3.41. The number of carbonyl (C=O) groups is 1. The Hall–Kier alpha value is -3.00. The fraction of sp³-hybridized carbons (Fsp3) is 0.421. The second-order valence-corrected chi connectivity index (χ2v) is 7.74. The Morgan fingerprint density at radius 3 is 2.29 bits per heavy atom. The number of piperazine rings is 1. The third-order valence-corrected chi connectivity index (χ3v) is 5.37. The maximum Gasteiger partial charge on any atom is 0.421 e. The van der Waals surface area contributed by atoms with Gasteiger partial charge in [0, 0.05) is 44.1 Å². The van der Waals surface area contributed by atoms with Gasteiger partial charge in [0.25, 0.3) is 5.56 Å². The number of urea groups is 1. The predicted octanol–water partition coefficient (Wildman–Crippen LogP) is 3.99. The number of nitrogens with zero attached hydrogens (tertiary/aromatic N) is 3. The summed E-state index contributed by atoms with van der Waals surface area (Å²) < 4.78 is 77.2. The maximum absolute atomic E-state index is 12.9. The molecule has 1 aliphatic rings. The molecule has 0 aliphatic carbocycles. The first-order valence-corrected chi connectivity index (χ1v) is 10.1. The molecule has 1 fully saturated rings. The third kappa shape index (κ3) is 5.91. The summed E-state index contributed by atoms with van der Waals surface area (Å²) in [5, 5.41) is -0.490. The first-order valence-electron chi connectivity index (χ1n) is 9.75. The second kappa shape index (κ2) is 9.70. The van der Waals surface area contributed by atoms with Crippen molar-refractivity contribution in [1.82, 2.24) is 20.3 Å². The Morgan fingerprint density at radius 1 is 1.12 bits per heavy atom. The Kier molecular flexibility index (Phi) is 7.31. The van der Waals surface area contributed by atoms with Crippen molar-refractivity contribution >= 4 is 23.4 Å². The number of alkyl halides is 6. The van der Waals surface area contributed by atoms with Crippen molar-refractivity contribution < 1.29 is 36.0 Å². The number of carbonyl (C=O) groups excluding carboxylic acids is 1. The molecule has 1 aliphatic heterocycles. The zero-order valence-corrected chi connectivity index (χ0v) is 18.2. The average molecular weight is 514 g/mol. The van der Waals surface area contributed by atoms with E-state index in [2.05, 4.69) is 10.5 Å². The Morgan fingerprint density at radius 2 is 1.74 bits per heavy atom. The number of hydrogen-bond donors (Lipinski definition) is 2.